The number of urea groups is 1. The lowest BCUT2D eigenvalue weighted by Crippen LogP contribution is -2.23. The Hall–Kier alpha value is -3.94. The van der Waals surface area contributed by atoms with Crippen LogP contribution in [0.5, 0.6) is 11.5 Å². The molecule has 0 atom stereocenters. The second-order valence-corrected chi connectivity index (χ2v) is 7.32. The zero-order chi connectivity index (χ0) is 22.0. The number of ether oxygens (including phenoxy) is 2. The Morgan fingerprint density at radius 3 is 2.42 bits per heavy atom. The number of rotatable bonds is 5. The number of fused-ring (bicyclic) bond motifs is 1. The molecule has 0 aliphatic carbocycles. The molecule has 1 aliphatic rings. The molecule has 4 N–H and O–H groups in total. The molecule has 3 aromatic rings. The zero-order valence-electron chi connectivity index (χ0n) is 17.4. The Bertz CT molecular complexity index is 1140. The lowest BCUT2D eigenvalue weighted by molar-refractivity contribution is 0.0950. The number of benzene rings is 2. The number of nitrogens with two attached hydrogens (primary N) is 1. The fraction of sp³-hybridized carbons (Fsp3) is 0.217. The molecule has 4 rings (SSSR count). The van der Waals surface area contributed by atoms with Gasteiger partial charge in [-0.1, -0.05) is 12.1 Å². The van der Waals surface area contributed by atoms with E-state index in [1.807, 2.05) is 54.8 Å². The van der Waals surface area contributed by atoms with Crippen molar-refractivity contribution in [2.45, 2.75) is 20.4 Å². The van der Waals surface area contributed by atoms with Gasteiger partial charge < -0.3 is 30.4 Å². The summed E-state index contributed by atoms with van der Waals surface area (Å²) in [6, 6.07) is 14.2. The maximum Gasteiger partial charge on any atom is 0.316 e. The molecule has 0 spiro atoms. The van der Waals surface area contributed by atoms with Gasteiger partial charge in [0.1, 0.15) is 13.2 Å². The lowest BCUT2D eigenvalue weighted by atomic mass is 10.2. The molecule has 0 saturated carbocycles. The van der Waals surface area contributed by atoms with Crippen molar-refractivity contribution in [1.82, 2.24) is 9.88 Å². The van der Waals surface area contributed by atoms with E-state index in [0.717, 1.165) is 28.4 Å². The third kappa shape index (κ3) is 4.32. The molecule has 31 heavy (non-hydrogen) atoms. The summed E-state index contributed by atoms with van der Waals surface area (Å²) in [6.45, 7) is 5.31. The lowest BCUT2D eigenvalue weighted by Gasteiger charge is -2.20. The highest BCUT2D eigenvalue weighted by molar-refractivity contribution is 5.96. The highest BCUT2D eigenvalue weighted by atomic mass is 16.6. The molecule has 1 aromatic heterocycles. The number of hydrogen-bond donors (Lipinski definition) is 3. The zero-order valence-corrected chi connectivity index (χ0v) is 17.4. The van der Waals surface area contributed by atoms with E-state index in [2.05, 4.69) is 10.6 Å². The van der Waals surface area contributed by atoms with Crippen LogP contribution in [0.15, 0.2) is 48.5 Å². The van der Waals surface area contributed by atoms with Crippen LogP contribution in [0.3, 0.4) is 0 Å². The summed E-state index contributed by atoms with van der Waals surface area (Å²) in [5.41, 5.74) is 9.93. The van der Waals surface area contributed by atoms with Gasteiger partial charge in [0.25, 0.3) is 5.91 Å². The van der Waals surface area contributed by atoms with E-state index in [0.29, 0.717) is 36.8 Å². The van der Waals surface area contributed by atoms with Crippen LogP contribution in [-0.2, 0) is 6.54 Å². The van der Waals surface area contributed by atoms with E-state index in [1.54, 1.807) is 12.1 Å². The van der Waals surface area contributed by atoms with Gasteiger partial charge in [0.05, 0.1) is 5.56 Å². The molecule has 2 heterocycles. The number of carbonyl (C=O) groups is 2. The van der Waals surface area contributed by atoms with Crippen molar-refractivity contribution in [2.24, 2.45) is 5.73 Å². The number of nitrogens with zero attached hydrogens (tertiary/aromatic N) is 1. The number of aryl methyl sites for hydroxylation is 1. The summed E-state index contributed by atoms with van der Waals surface area (Å²) in [5.74, 6) is 1.28. The molecule has 0 radical (unpaired) electrons. The van der Waals surface area contributed by atoms with Crippen molar-refractivity contribution in [1.29, 1.82) is 0 Å². The van der Waals surface area contributed by atoms with Gasteiger partial charge in [0.15, 0.2) is 11.5 Å². The molecule has 160 valence electrons. The SMILES string of the molecule is Cc1cc(C(=O)NCc2ccc(NC(N)=O)cc2)c(C)n1-c1ccc2c(c1)OCCO2. The maximum absolute atomic E-state index is 12.8. The Morgan fingerprint density at radius 2 is 1.71 bits per heavy atom. The van der Waals surface area contributed by atoms with E-state index >= 15 is 0 Å². The third-order valence-corrected chi connectivity index (χ3v) is 5.13. The third-order valence-electron chi connectivity index (χ3n) is 5.13. The first-order chi connectivity index (χ1) is 14.9. The average Bonchev–Trinajstić information content (AvgIpc) is 3.06. The second kappa shape index (κ2) is 8.43. The topological polar surface area (TPSA) is 108 Å². The van der Waals surface area contributed by atoms with Gasteiger partial charge >= 0.3 is 6.03 Å². The number of nitrogens with one attached hydrogen (secondary N) is 2. The average molecular weight is 420 g/mol. The first-order valence-corrected chi connectivity index (χ1v) is 9.95. The highest BCUT2D eigenvalue weighted by Gasteiger charge is 2.19. The van der Waals surface area contributed by atoms with Crippen LogP contribution in [-0.4, -0.2) is 29.7 Å². The molecular formula is C23H24N4O4. The second-order valence-electron chi connectivity index (χ2n) is 7.32. The Balaban J connectivity index is 1.49. The van der Waals surface area contributed by atoms with Gasteiger partial charge in [-0.3, -0.25) is 4.79 Å². The van der Waals surface area contributed by atoms with Gasteiger partial charge in [-0.05, 0) is 49.7 Å². The fourth-order valence-corrected chi connectivity index (χ4v) is 3.69. The summed E-state index contributed by atoms with van der Waals surface area (Å²) < 4.78 is 13.3. The van der Waals surface area contributed by atoms with Crippen molar-refractivity contribution < 1.29 is 19.1 Å². The van der Waals surface area contributed by atoms with Crippen molar-refractivity contribution in [3.63, 3.8) is 0 Å². The van der Waals surface area contributed by atoms with Gasteiger partial charge in [0, 0.05) is 35.4 Å². The minimum atomic E-state index is -0.616. The van der Waals surface area contributed by atoms with Crippen LogP contribution in [0.4, 0.5) is 10.5 Å². The van der Waals surface area contributed by atoms with E-state index in [-0.39, 0.29) is 5.91 Å². The normalized spacial score (nSPS) is 12.3. The summed E-state index contributed by atoms with van der Waals surface area (Å²) >= 11 is 0. The fourth-order valence-electron chi connectivity index (χ4n) is 3.69. The monoisotopic (exact) mass is 420 g/mol. The minimum absolute atomic E-state index is 0.156. The molecule has 0 bridgehead atoms. The summed E-state index contributed by atoms with van der Waals surface area (Å²) in [4.78, 5) is 23.7. The molecule has 0 fully saturated rings. The van der Waals surface area contributed by atoms with Crippen molar-refractivity contribution >= 4 is 17.6 Å². The van der Waals surface area contributed by atoms with Crippen LogP contribution >= 0.6 is 0 Å². The molecule has 8 nitrogen and oxygen atoms in total. The quantitative estimate of drug-likeness (QED) is 0.589. The molecule has 2 aromatic carbocycles. The molecular weight excluding hydrogens is 396 g/mol. The molecule has 8 heteroatoms. The predicted octanol–water partition coefficient (Wildman–Crippen LogP) is 3.29. The van der Waals surface area contributed by atoms with Gasteiger partial charge in [-0.15, -0.1) is 0 Å². The molecule has 0 saturated heterocycles. The van der Waals surface area contributed by atoms with Crippen molar-refractivity contribution in [2.75, 3.05) is 18.5 Å². The summed E-state index contributed by atoms with van der Waals surface area (Å²) in [6.07, 6.45) is 0. The number of hydrogen-bond acceptors (Lipinski definition) is 4. The minimum Gasteiger partial charge on any atom is -0.486 e. The first-order valence-electron chi connectivity index (χ1n) is 9.95. The van der Waals surface area contributed by atoms with Gasteiger partial charge in [-0.25, -0.2) is 4.79 Å². The smallest absolute Gasteiger partial charge is 0.316 e. The number of anilines is 1. The van der Waals surface area contributed by atoms with E-state index in [4.69, 9.17) is 15.2 Å². The van der Waals surface area contributed by atoms with Crippen LogP contribution < -0.4 is 25.8 Å². The summed E-state index contributed by atoms with van der Waals surface area (Å²) in [7, 11) is 0. The highest BCUT2D eigenvalue weighted by Crippen LogP contribution is 2.33. The van der Waals surface area contributed by atoms with Crippen LogP contribution in [0, 0.1) is 13.8 Å². The number of amides is 3. The number of primary amides is 1. The first kappa shape index (κ1) is 20.3. The van der Waals surface area contributed by atoms with Crippen LogP contribution in [0.2, 0.25) is 0 Å². The van der Waals surface area contributed by atoms with Crippen molar-refractivity contribution in [3.8, 4) is 17.2 Å². The molecule has 1 aliphatic heterocycles. The van der Waals surface area contributed by atoms with E-state index in [9.17, 15) is 9.59 Å². The standard InChI is InChI=1S/C23H24N4O4/c1-14-11-19(22(28)25-13-16-3-5-17(6-4-16)26-23(24)29)15(2)27(14)18-7-8-20-21(12-18)31-10-9-30-20/h3-8,11-12H,9-10,13H2,1-2H3,(H,25,28)(H3,24,26,29). The van der Waals surface area contributed by atoms with Crippen LogP contribution in [0.1, 0.15) is 27.3 Å². The Morgan fingerprint density at radius 1 is 1.00 bits per heavy atom. The molecule has 0 unspecified atom stereocenters. The van der Waals surface area contributed by atoms with Crippen LogP contribution in [0.25, 0.3) is 5.69 Å². The van der Waals surface area contributed by atoms with Crippen molar-refractivity contribution in [3.05, 3.63) is 71.0 Å². The van der Waals surface area contributed by atoms with Gasteiger partial charge in [-0.2, -0.15) is 0 Å². The maximum atomic E-state index is 12.8. The van der Waals surface area contributed by atoms with E-state index in [1.165, 1.54) is 0 Å². The predicted molar refractivity (Wildman–Crippen MR) is 117 cm³/mol. The number of aromatic nitrogens is 1. The van der Waals surface area contributed by atoms with E-state index < -0.39 is 6.03 Å². The Kier molecular flexibility index (Phi) is 5.53. The molecule has 3 amide bonds. The number of carbonyl (C=O) groups excluding carboxylic acids is 2. The Labute approximate surface area is 180 Å². The van der Waals surface area contributed by atoms with Gasteiger partial charge in [0.2, 0.25) is 0 Å². The summed E-state index contributed by atoms with van der Waals surface area (Å²) in [5, 5.41) is 5.45. The largest absolute Gasteiger partial charge is 0.486 e.